The van der Waals surface area contributed by atoms with Crippen LogP contribution in [0.4, 0.5) is 5.69 Å². The monoisotopic (exact) mass is 425 g/mol. The van der Waals surface area contributed by atoms with Gasteiger partial charge in [0.2, 0.25) is 0 Å². The molecule has 0 aliphatic heterocycles. The number of benzene rings is 2. The SMILES string of the molecule is CCOc1ccc(/C=C/C(=O)O[C@@H](C)C(=O)Nc2c(C)cccc2C(C)C)cc1OC. The van der Waals surface area contributed by atoms with Crippen molar-refractivity contribution in [2.75, 3.05) is 19.0 Å². The highest BCUT2D eigenvalue weighted by atomic mass is 16.5. The number of nitrogens with one attached hydrogen (secondary N) is 1. The first-order chi connectivity index (χ1) is 14.8. The number of carbonyl (C=O) groups is 2. The average molecular weight is 426 g/mol. The van der Waals surface area contributed by atoms with Crippen LogP contribution in [-0.2, 0) is 14.3 Å². The van der Waals surface area contributed by atoms with E-state index in [0.717, 1.165) is 22.4 Å². The van der Waals surface area contributed by atoms with E-state index in [1.165, 1.54) is 6.08 Å². The van der Waals surface area contributed by atoms with Gasteiger partial charge in [0.15, 0.2) is 17.6 Å². The average Bonchev–Trinajstić information content (AvgIpc) is 2.74. The van der Waals surface area contributed by atoms with Gasteiger partial charge < -0.3 is 19.5 Å². The number of carbonyl (C=O) groups excluding carboxylic acids is 2. The molecule has 0 heterocycles. The Kier molecular flexibility index (Phi) is 8.67. The van der Waals surface area contributed by atoms with Gasteiger partial charge >= 0.3 is 5.97 Å². The third-order valence-electron chi connectivity index (χ3n) is 4.74. The Morgan fingerprint density at radius 1 is 1.10 bits per heavy atom. The Hall–Kier alpha value is -3.28. The Bertz CT molecular complexity index is 949. The number of hydrogen-bond donors (Lipinski definition) is 1. The minimum absolute atomic E-state index is 0.252. The summed E-state index contributed by atoms with van der Waals surface area (Å²) in [5, 5.41) is 2.90. The molecule has 166 valence electrons. The number of aryl methyl sites for hydroxylation is 1. The zero-order chi connectivity index (χ0) is 23.0. The quantitative estimate of drug-likeness (QED) is 0.446. The fraction of sp³-hybridized carbons (Fsp3) is 0.360. The fourth-order valence-electron chi connectivity index (χ4n) is 3.06. The molecule has 0 aliphatic carbocycles. The van der Waals surface area contributed by atoms with E-state index in [1.54, 1.807) is 38.3 Å². The summed E-state index contributed by atoms with van der Waals surface area (Å²) in [5.41, 5.74) is 3.51. The molecule has 1 amide bonds. The van der Waals surface area contributed by atoms with Crippen LogP contribution in [0.3, 0.4) is 0 Å². The fourth-order valence-corrected chi connectivity index (χ4v) is 3.06. The van der Waals surface area contributed by atoms with Crippen molar-refractivity contribution in [2.24, 2.45) is 0 Å². The predicted molar refractivity (Wildman–Crippen MR) is 123 cm³/mol. The molecule has 0 radical (unpaired) electrons. The van der Waals surface area contributed by atoms with Gasteiger partial charge in [-0.1, -0.05) is 38.1 Å². The number of amides is 1. The van der Waals surface area contributed by atoms with Crippen molar-refractivity contribution in [1.29, 1.82) is 0 Å². The maximum Gasteiger partial charge on any atom is 0.331 e. The van der Waals surface area contributed by atoms with Crippen LogP contribution in [0.25, 0.3) is 6.08 Å². The van der Waals surface area contributed by atoms with Gasteiger partial charge in [-0.15, -0.1) is 0 Å². The molecule has 6 nitrogen and oxygen atoms in total. The Morgan fingerprint density at radius 3 is 2.48 bits per heavy atom. The molecule has 0 aliphatic rings. The molecule has 0 spiro atoms. The van der Waals surface area contributed by atoms with E-state index in [2.05, 4.69) is 19.2 Å². The summed E-state index contributed by atoms with van der Waals surface area (Å²) in [4.78, 5) is 24.8. The van der Waals surface area contributed by atoms with E-state index in [9.17, 15) is 9.59 Å². The lowest BCUT2D eigenvalue weighted by Gasteiger charge is -2.18. The van der Waals surface area contributed by atoms with Gasteiger partial charge in [0.25, 0.3) is 5.91 Å². The van der Waals surface area contributed by atoms with Crippen molar-refractivity contribution in [3.63, 3.8) is 0 Å². The number of anilines is 1. The molecule has 6 heteroatoms. The highest BCUT2D eigenvalue weighted by Gasteiger charge is 2.19. The van der Waals surface area contributed by atoms with Crippen molar-refractivity contribution in [3.05, 3.63) is 59.2 Å². The van der Waals surface area contributed by atoms with Crippen LogP contribution in [0.5, 0.6) is 11.5 Å². The third-order valence-corrected chi connectivity index (χ3v) is 4.74. The topological polar surface area (TPSA) is 73.9 Å². The van der Waals surface area contributed by atoms with E-state index >= 15 is 0 Å². The highest BCUT2D eigenvalue weighted by molar-refractivity contribution is 5.97. The van der Waals surface area contributed by atoms with Gasteiger partial charge in [-0.25, -0.2) is 4.79 Å². The Labute approximate surface area is 184 Å². The maximum atomic E-state index is 12.6. The molecule has 2 aromatic carbocycles. The van der Waals surface area contributed by atoms with Crippen LogP contribution < -0.4 is 14.8 Å². The zero-order valence-electron chi connectivity index (χ0n) is 19.0. The minimum Gasteiger partial charge on any atom is -0.493 e. The second-order valence-electron chi connectivity index (χ2n) is 7.44. The molecule has 0 fully saturated rings. The van der Waals surface area contributed by atoms with Crippen molar-refractivity contribution >= 4 is 23.6 Å². The largest absolute Gasteiger partial charge is 0.493 e. The van der Waals surface area contributed by atoms with E-state index in [0.29, 0.717) is 18.1 Å². The summed E-state index contributed by atoms with van der Waals surface area (Å²) in [7, 11) is 1.55. The Morgan fingerprint density at radius 2 is 1.84 bits per heavy atom. The molecule has 0 aromatic heterocycles. The normalized spacial score (nSPS) is 12.0. The number of para-hydroxylation sites is 1. The minimum atomic E-state index is -0.938. The molecular formula is C25H31NO5. The number of hydrogen-bond acceptors (Lipinski definition) is 5. The second kappa shape index (κ2) is 11.2. The van der Waals surface area contributed by atoms with Crippen molar-refractivity contribution in [3.8, 4) is 11.5 Å². The summed E-state index contributed by atoms with van der Waals surface area (Å²) in [6.45, 7) is 10.0. The maximum absolute atomic E-state index is 12.6. The standard InChI is InChI=1S/C25H31NO5/c1-7-30-21-13-11-19(15-22(21)29-6)12-14-23(27)31-18(5)25(28)26-24-17(4)9-8-10-20(24)16(2)3/h8-16,18H,7H2,1-6H3,(H,26,28)/b14-12+/t18-/m0/s1. The lowest BCUT2D eigenvalue weighted by Crippen LogP contribution is -2.30. The van der Waals surface area contributed by atoms with Gasteiger partial charge in [-0.05, 0) is 61.6 Å². The van der Waals surface area contributed by atoms with Crippen LogP contribution in [-0.4, -0.2) is 31.7 Å². The molecule has 0 saturated heterocycles. The highest BCUT2D eigenvalue weighted by Crippen LogP contribution is 2.29. The van der Waals surface area contributed by atoms with Crippen molar-refractivity contribution < 1.29 is 23.8 Å². The summed E-state index contributed by atoms with van der Waals surface area (Å²) < 4.78 is 16.1. The molecule has 1 N–H and O–H groups in total. The Balaban J connectivity index is 2.02. The van der Waals surface area contributed by atoms with Gasteiger partial charge in [0, 0.05) is 11.8 Å². The first-order valence-corrected chi connectivity index (χ1v) is 10.4. The zero-order valence-corrected chi connectivity index (χ0v) is 19.0. The van der Waals surface area contributed by atoms with E-state index < -0.39 is 12.1 Å². The molecule has 2 rings (SSSR count). The van der Waals surface area contributed by atoms with Gasteiger partial charge in [-0.2, -0.15) is 0 Å². The van der Waals surface area contributed by atoms with Gasteiger partial charge in [-0.3, -0.25) is 4.79 Å². The molecule has 0 bridgehead atoms. The molecular weight excluding hydrogens is 394 g/mol. The van der Waals surface area contributed by atoms with Crippen LogP contribution in [0.2, 0.25) is 0 Å². The van der Waals surface area contributed by atoms with Crippen molar-refractivity contribution in [1.82, 2.24) is 0 Å². The van der Waals surface area contributed by atoms with E-state index in [4.69, 9.17) is 14.2 Å². The number of methoxy groups -OCH3 is 1. The summed E-state index contributed by atoms with van der Waals surface area (Å²) in [6, 6.07) is 11.2. The number of esters is 1. The lowest BCUT2D eigenvalue weighted by molar-refractivity contribution is -0.148. The number of ether oxygens (including phenoxy) is 3. The third kappa shape index (κ3) is 6.60. The van der Waals surface area contributed by atoms with E-state index in [-0.39, 0.29) is 11.8 Å². The second-order valence-corrected chi connectivity index (χ2v) is 7.44. The summed E-state index contributed by atoms with van der Waals surface area (Å²) in [6.07, 6.45) is 1.95. The molecule has 0 saturated carbocycles. The summed E-state index contributed by atoms with van der Waals surface area (Å²) >= 11 is 0. The lowest BCUT2D eigenvalue weighted by atomic mass is 9.98. The van der Waals surface area contributed by atoms with Crippen LogP contribution in [0.15, 0.2) is 42.5 Å². The molecule has 1 atom stereocenters. The first-order valence-electron chi connectivity index (χ1n) is 10.4. The van der Waals surface area contributed by atoms with Crippen LogP contribution >= 0.6 is 0 Å². The first kappa shape index (κ1) is 24.0. The number of rotatable bonds is 9. The summed E-state index contributed by atoms with van der Waals surface area (Å²) in [5.74, 6) is 0.475. The molecule has 31 heavy (non-hydrogen) atoms. The predicted octanol–water partition coefficient (Wildman–Crippen LogP) is 5.11. The van der Waals surface area contributed by atoms with E-state index in [1.807, 2.05) is 32.0 Å². The molecule has 0 unspecified atom stereocenters. The smallest absolute Gasteiger partial charge is 0.331 e. The van der Waals surface area contributed by atoms with Gasteiger partial charge in [0.1, 0.15) is 0 Å². The molecule has 2 aromatic rings. The van der Waals surface area contributed by atoms with Crippen molar-refractivity contribution in [2.45, 2.75) is 46.6 Å². The van der Waals surface area contributed by atoms with Gasteiger partial charge in [0.05, 0.1) is 13.7 Å². The van der Waals surface area contributed by atoms with Crippen LogP contribution in [0.1, 0.15) is 50.3 Å². The van der Waals surface area contributed by atoms with Crippen LogP contribution in [0, 0.1) is 6.92 Å².